The molecule has 164 valence electrons. The highest BCUT2D eigenvalue weighted by Gasteiger charge is 2.82. The smallest absolute Gasteiger partial charge is 0.307 e. The summed E-state index contributed by atoms with van der Waals surface area (Å²) in [5.41, 5.74) is -1.74. The van der Waals surface area contributed by atoms with Gasteiger partial charge >= 0.3 is 11.9 Å². The molecule has 3 N–H and O–H groups in total. The van der Waals surface area contributed by atoms with Crippen molar-refractivity contribution in [1.82, 2.24) is 0 Å². The summed E-state index contributed by atoms with van der Waals surface area (Å²) in [6, 6.07) is 0. The molecule has 3 saturated carbocycles. The number of hydrogen-bond acceptors (Lipinski definition) is 5. The van der Waals surface area contributed by atoms with Gasteiger partial charge in [-0.1, -0.05) is 19.4 Å². The molecule has 0 radical (unpaired) electrons. The van der Waals surface area contributed by atoms with Gasteiger partial charge in [-0.05, 0) is 50.5 Å². The van der Waals surface area contributed by atoms with Crippen LogP contribution in [-0.4, -0.2) is 50.3 Å². The molecule has 0 aromatic carbocycles. The number of carboxylic acids is 2. The topological polar surface area (TPSA) is 124 Å². The number of ketones is 1. The van der Waals surface area contributed by atoms with Crippen LogP contribution in [0.3, 0.4) is 0 Å². The van der Waals surface area contributed by atoms with Crippen molar-refractivity contribution in [2.45, 2.75) is 82.5 Å². The van der Waals surface area contributed by atoms with E-state index in [2.05, 4.69) is 6.92 Å². The summed E-state index contributed by atoms with van der Waals surface area (Å²) in [4.78, 5) is 35.7. The summed E-state index contributed by atoms with van der Waals surface area (Å²) < 4.78 is 6.44. The van der Waals surface area contributed by atoms with Gasteiger partial charge in [0.05, 0.1) is 17.6 Å². The summed E-state index contributed by atoms with van der Waals surface area (Å²) in [6.07, 6.45) is 4.81. The lowest BCUT2D eigenvalue weighted by Gasteiger charge is -2.58. The van der Waals surface area contributed by atoms with E-state index in [-0.39, 0.29) is 42.0 Å². The molecule has 7 heteroatoms. The van der Waals surface area contributed by atoms with Gasteiger partial charge in [0, 0.05) is 29.6 Å². The number of aliphatic hydroxyl groups is 1. The third-order valence-electron chi connectivity index (χ3n) is 9.77. The fourth-order valence-corrected chi connectivity index (χ4v) is 8.08. The maximum atomic E-state index is 12.4. The van der Waals surface area contributed by atoms with E-state index in [9.17, 15) is 24.6 Å². The van der Waals surface area contributed by atoms with E-state index in [0.29, 0.717) is 38.5 Å². The summed E-state index contributed by atoms with van der Waals surface area (Å²) in [6.45, 7) is 4.14. The Balaban J connectivity index is 1.59. The Hall–Kier alpha value is -1.73. The molecular formula is C23H30O7. The van der Waals surface area contributed by atoms with E-state index in [1.54, 1.807) is 6.08 Å². The molecule has 0 aromatic heterocycles. The van der Waals surface area contributed by atoms with Gasteiger partial charge in [-0.3, -0.25) is 14.4 Å². The minimum Gasteiger partial charge on any atom is -0.481 e. The zero-order chi connectivity index (χ0) is 21.7. The highest BCUT2D eigenvalue weighted by molar-refractivity contribution is 5.92. The van der Waals surface area contributed by atoms with Crippen molar-refractivity contribution in [3.63, 3.8) is 0 Å². The van der Waals surface area contributed by atoms with Crippen molar-refractivity contribution in [2.75, 3.05) is 0 Å². The molecule has 1 unspecified atom stereocenters. The molecule has 0 bridgehead atoms. The second-order valence-electron chi connectivity index (χ2n) is 10.7. The van der Waals surface area contributed by atoms with Gasteiger partial charge in [0.25, 0.3) is 0 Å². The Morgan fingerprint density at radius 3 is 2.63 bits per heavy atom. The molecule has 1 saturated heterocycles. The maximum absolute atomic E-state index is 12.4. The molecule has 8 atom stereocenters. The van der Waals surface area contributed by atoms with E-state index < -0.39 is 34.5 Å². The summed E-state index contributed by atoms with van der Waals surface area (Å²) >= 11 is 0. The predicted molar refractivity (Wildman–Crippen MR) is 105 cm³/mol. The molecule has 4 fully saturated rings. The van der Waals surface area contributed by atoms with Crippen LogP contribution in [0.25, 0.3) is 0 Å². The molecule has 1 spiro atoms. The molecular weight excluding hydrogens is 388 g/mol. The SMILES string of the molecule is C[C@]12CCC(=O)C=C1C[C@@H](C(=O)O)[C@H]1[C@@H]3CC[C@](O)(CCC(=O)O)[C@@]3(C)C[C@H]3OC132. The summed E-state index contributed by atoms with van der Waals surface area (Å²) in [5, 5.41) is 30.9. The molecule has 1 heterocycles. The molecule has 30 heavy (non-hydrogen) atoms. The number of rotatable bonds is 4. The van der Waals surface area contributed by atoms with Crippen molar-refractivity contribution in [3.8, 4) is 0 Å². The number of hydrogen-bond donors (Lipinski definition) is 3. The maximum Gasteiger partial charge on any atom is 0.307 e. The summed E-state index contributed by atoms with van der Waals surface area (Å²) in [7, 11) is 0. The van der Waals surface area contributed by atoms with Crippen molar-refractivity contribution in [3.05, 3.63) is 11.6 Å². The fourth-order valence-electron chi connectivity index (χ4n) is 8.08. The Labute approximate surface area is 175 Å². The molecule has 5 rings (SSSR count). The van der Waals surface area contributed by atoms with Crippen molar-refractivity contribution in [1.29, 1.82) is 0 Å². The standard InChI is InChI=1S/C23H30O7/c1-20-6-3-13(24)9-12(20)10-14(19(27)28)18-15-4-7-22(29,8-5-17(25)26)21(15,2)11-16-23(18,20)30-16/h9,14-16,18,29H,3-8,10-11H2,1-2H3,(H,25,26)(H,27,28)/t14-,15+,16-,18+,20+,21+,22+,23?/m1/s1. The number of fused-ring (bicyclic) bond motifs is 3. The van der Waals surface area contributed by atoms with Gasteiger partial charge in [-0.15, -0.1) is 0 Å². The van der Waals surface area contributed by atoms with Crippen LogP contribution in [0.2, 0.25) is 0 Å². The molecule has 0 aromatic rings. The van der Waals surface area contributed by atoms with Gasteiger partial charge < -0.3 is 20.1 Å². The van der Waals surface area contributed by atoms with Crippen LogP contribution >= 0.6 is 0 Å². The highest BCUT2D eigenvalue weighted by atomic mass is 16.6. The van der Waals surface area contributed by atoms with Gasteiger partial charge in [0.15, 0.2) is 5.78 Å². The Bertz CT molecular complexity index is 879. The first-order valence-electron chi connectivity index (χ1n) is 11.1. The second-order valence-corrected chi connectivity index (χ2v) is 10.7. The lowest BCUT2D eigenvalue weighted by atomic mass is 9.43. The predicted octanol–water partition coefficient (Wildman–Crippen LogP) is 2.56. The highest BCUT2D eigenvalue weighted by Crippen LogP contribution is 2.77. The largest absolute Gasteiger partial charge is 0.481 e. The lowest BCUT2D eigenvalue weighted by Crippen LogP contribution is -2.63. The Morgan fingerprint density at radius 1 is 1.23 bits per heavy atom. The number of aliphatic carboxylic acids is 2. The zero-order valence-corrected chi connectivity index (χ0v) is 17.5. The monoisotopic (exact) mass is 418 g/mol. The normalized spacial score (nSPS) is 51.2. The molecule has 0 amide bonds. The molecule has 5 aliphatic rings. The van der Waals surface area contributed by atoms with Crippen LogP contribution < -0.4 is 0 Å². The fraction of sp³-hybridized carbons (Fsp3) is 0.783. The van der Waals surface area contributed by atoms with Crippen molar-refractivity contribution < 1.29 is 34.4 Å². The van der Waals surface area contributed by atoms with Crippen LogP contribution in [0.15, 0.2) is 11.6 Å². The molecule has 1 aliphatic heterocycles. The average Bonchev–Trinajstić information content (AvgIpc) is 3.32. The van der Waals surface area contributed by atoms with E-state index in [0.717, 1.165) is 5.57 Å². The Morgan fingerprint density at radius 2 is 1.97 bits per heavy atom. The van der Waals surface area contributed by atoms with Crippen molar-refractivity contribution in [2.24, 2.45) is 28.6 Å². The number of epoxide rings is 1. The minimum absolute atomic E-state index is 0.0489. The van der Waals surface area contributed by atoms with E-state index in [4.69, 9.17) is 9.84 Å². The first-order chi connectivity index (χ1) is 14.0. The van der Waals surface area contributed by atoms with Crippen LogP contribution in [0, 0.1) is 28.6 Å². The van der Waals surface area contributed by atoms with Crippen LogP contribution in [0.4, 0.5) is 0 Å². The first-order valence-corrected chi connectivity index (χ1v) is 11.1. The number of carbonyl (C=O) groups excluding carboxylic acids is 1. The third-order valence-corrected chi connectivity index (χ3v) is 9.77. The third kappa shape index (κ3) is 2.25. The number of carbonyl (C=O) groups is 3. The minimum atomic E-state index is -1.13. The number of carboxylic acid groups (broad SMARTS) is 2. The first kappa shape index (κ1) is 20.2. The molecule has 7 nitrogen and oxygen atoms in total. The zero-order valence-electron chi connectivity index (χ0n) is 17.5. The van der Waals surface area contributed by atoms with Crippen LogP contribution in [0.5, 0.6) is 0 Å². The van der Waals surface area contributed by atoms with E-state index >= 15 is 0 Å². The van der Waals surface area contributed by atoms with Crippen LogP contribution in [0.1, 0.15) is 65.2 Å². The van der Waals surface area contributed by atoms with Gasteiger partial charge in [0.1, 0.15) is 5.60 Å². The van der Waals surface area contributed by atoms with Crippen LogP contribution in [-0.2, 0) is 19.1 Å². The quantitative estimate of drug-likeness (QED) is 0.599. The lowest BCUT2D eigenvalue weighted by molar-refractivity contribution is -0.160. The van der Waals surface area contributed by atoms with E-state index in [1.807, 2.05) is 6.92 Å². The number of ether oxygens (including phenoxy) is 1. The Kier molecular flexibility index (Phi) is 4.00. The van der Waals surface area contributed by atoms with Gasteiger partial charge in [0.2, 0.25) is 0 Å². The van der Waals surface area contributed by atoms with Crippen molar-refractivity contribution >= 4 is 17.7 Å². The molecule has 4 aliphatic carbocycles. The average molecular weight is 418 g/mol. The summed E-state index contributed by atoms with van der Waals surface area (Å²) in [5.74, 6) is -2.70. The van der Waals surface area contributed by atoms with Gasteiger partial charge in [-0.2, -0.15) is 0 Å². The van der Waals surface area contributed by atoms with E-state index in [1.165, 1.54) is 0 Å². The second kappa shape index (κ2) is 5.94. The van der Waals surface area contributed by atoms with Gasteiger partial charge in [-0.25, -0.2) is 0 Å².